The Morgan fingerprint density at radius 1 is 1.05 bits per heavy atom. The van der Waals surface area contributed by atoms with Gasteiger partial charge in [-0.2, -0.15) is 0 Å². The number of aryl methyl sites for hydroxylation is 1. The van der Waals surface area contributed by atoms with E-state index in [0.29, 0.717) is 28.4 Å². The SMILES string of the molecule is COc1cc(N)c(C(=O)c2[nH]c(C)c(C)c2C)cc1OC. The Hall–Kier alpha value is -2.43. The van der Waals surface area contributed by atoms with E-state index in [-0.39, 0.29) is 5.78 Å². The number of benzene rings is 1. The van der Waals surface area contributed by atoms with E-state index in [0.717, 1.165) is 16.8 Å². The normalized spacial score (nSPS) is 10.5. The summed E-state index contributed by atoms with van der Waals surface area (Å²) in [7, 11) is 3.05. The van der Waals surface area contributed by atoms with E-state index in [2.05, 4.69) is 4.98 Å². The molecule has 0 radical (unpaired) electrons. The lowest BCUT2D eigenvalue weighted by Gasteiger charge is -2.11. The van der Waals surface area contributed by atoms with E-state index in [1.165, 1.54) is 14.2 Å². The second-order valence-electron chi connectivity index (χ2n) is 5.00. The molecule has 0 saturated heterocycles. The van der Waals surface area contributed by atoms with E-state index in [1.54, 1.807) is 12.1 Å². The van der Waals surface area contributed by atoms with Crippen LogP contribution in [0.25, 0.3) is 0 Å². The number of methoxy groups -OCH3 is 2. The van der Waals surface area contributed by atoms with Gasteiger partial charge in [-0.25, -0.2) is 0 Å². The molecule has 0 saturated carbocycles. The number of nitrogen functional groups attached to an aromatic ring is 1. The highest BCUT2D eigenvalue weighted by atomic mass is 16.5. The number of hydrogen-bond acceptors (Lipinski definition) is 4. The molecule has 0 aliphatic rings. The third kappa shape index (κ3) is 2.46. The molecule has 2 aromatic rings. The number of ketones is 1. The summed E-state index contributed by atoms with van der Waals surface area (Å²) in [4.78, 5) is 15.8. The number of ether oxygens (including phenoxy) is 2. The van der Waals surface area contributed by atoms with E-state index in [4.69, 9.17) is 15.2 Å². The fourth-order valence-electron chi connectivity index (χ4n) is 2.30. The van der Waals surface area contributed by atoms with Crippen molar-refractivity contribution in [1.82, 2.24) is 4.98 Å². The van der Waals surface area contributed by atoms with Gasteiger partial charge >= 0.3 is 0 Å². The lowest BCUT2D eigenvalue weighted by molar-refractivity contribution is 0.103. The summed E-state index contributed by atoms with van der Waals surface area (Å²) >= 11 is 0. The van der Waals surface area contributed by atoms with Crippen LogP contribution < -0.4 is 15.2 Å². The fraction of sp³-hybridized carbons (Fsp3) is 0.312. The highest BCUT2D eigenvalue weighted by molar-refractivity contribution is 6.12. The maximum Gasteiger partial charge on any atom is 0.211 e. The molecule has 1 aromatic heterocycles. The summed E-state index contributed by atoms with van der Waals surface area (Å²) < 4.78 is 10.4. The number of nitrogens with one attached hydrogen (secondary N) is 1. The number of anilines is 1. The zero-order chi connectivity index (χ0) is 15.7. The van der Waals surface area contributed by atoms with Crippen molar-refractivity contribution in [3.8, 4) is 11.5 Å². The Morgan fingerprint density at radius 3 is 2.10 bits per heavy atom. The molecule has 112 valence electrons. The predicted octanol–water partition coefficient (Wildman–Crippen LogP) is 2.77. The smallest absolute Gasteiger partial charge is 0.211 e. The number of rotatable bonds is 4. The molecule has 0 fully saturated rings. The molecule has 0 atom stereocenters. The molecule has 0 amide bonds. The van der Waals surface area contributed by atoms with Crippen molar-refractivity contribution in [3.63, 3.8) is 0 Å². The van der Waals surface area contributed by atoms with E-state index >= 15 is 0 Å². The average Bonchev–Trinajstić information content (AvgIpc) is 2.73. The number of H-pyrrole nitrogens is 1. The van der Waals surface area contributed by atoms with Gasteiger partial charge in [0.05, 0.1) is 25.5 Å². The molecule has 2 rings (SSSR count). The molecule has 5 heteroatoms. The maximum absolute atomic E-state index is 12.7. The third-order valence-corrected chi connectivity index (χ3v) is 3.84. The monoisotopic (exact) mass is 288 g/mol. The Labute approximate surface area is 124 Å². The largest absolute Gasteiger partial charge is 0.493 e. The first kappa shape index (κ1) is 15.0. The van der Waals surface area contributed by atoms with Gasteiger partial charge in [0.25, 0.3) is 0 Å². The molecule has 0 spiro atoms. The van der Waals surface area contributed by atoms with Crippen molar-refractivity contribution in [1.29, 1.82) is 0 Å². The standard InChI is InChI=1S/C16H20N2O3/c1-8-9(2)15(18-10(8)3)16(19)11-6-13(20-4)14(21-5)7-12(11)17/h6-7,18H,17H2,1-5H3. The van der Waals surface area contributed by atoms with Gasteiger partial charge in [0, 0.05) is 17.4 Å². The first-order chi connectivity index (χ1) is 9.90. The van der Waals surface area contributed by atoms with Crippen molar-refractivity contribution < 1.29 is 14.3 Å². The molecule has 0 unspecified atom stereocenters. The van der Waals surface area contributed by atoms with E-state index in [1.807, 2.05) is 20.8 Å². The number of aromatic nitrogens is 1. The van der Waals surface area contributed by atoms with Crippen LogP contribution in [0.1, 0.15) is 32.9 Å². The van der Waals surface area contributed by atoms with E-state index in [9.17, 15) is 4.79 Å². The zero-order valence-corrected chi connectivity index (χ0v) is 13.0. The van der Waals surface area contributed by atoms with Crippen LogP contribution in [-0.4, -0.2) is 25.0 Å². The minimum absolute atomic E-state index is 0.151. The lowest BCUT2D eigenvalue weighted by Crippen LogP contribution is -2.08. The Morgan fingerprint density at radius 2 is 1.62 bits per heavy atom. The van der Waals surface area contributed by atoms with Crippen molar-refractivity contribution >= 4 is 11.5 Å². The molecule has 0 aliphatic carbocycles. The molecular formula is C16H20N2O3. The first-order valence-corrected chi connectivity index (χ1v) is 6.62. The van der Waals surface area contributed by atoms with Crippen LogP contribution in [0.3, 0.4) is 0 Å². The summed E-state index contributed by atoms with van der Waals surface area (Å²) in [6, 6.07) is 3.21. The molecular weight excluding hydrogens is 268 g/mol. The van der Waals surface area contributed by atoms with Crippen LogP contribution in [-0.2, 0) is 0 Å². The Bertz CT molecular complexity index is 702. The highest BCUT2D eigenvalue weighted by Gasteiger charge is 2.21. The summed E-state index contributed by atoms with van der Waals surface area (Å²) in [5, 5.41) is 0. The summed E-state index contributed by atoms with van der Waals surface area (Å²) in [5.74, 6) is 0.831. The van der Waals surface area contributed by atoms with Gasteiger partial charge in [0.1, 0.15) is 0 Å². The molecule has 21 heavy (non-hydrogen) atoms. The zero-order valence-electron chi connectivity index (χ0n) is 13.0. The van der Waals surface area contributed by atoms with Crippen LogP contribution in [0.2, 0.25) is 0 Å². The minimum Gasteiger partial charge on any atom is -0.493 e. The second-order valence-corrected chi connectivity index (χ2v) is 5.00. The summed E-state index contributed by atoms with van der Waals surface area (Å²) in [6.45, 7) is 5.84. The van der Waals surface area contributed by atoms with Gasteiger partial charge in [0.2, 0.25) is 5.78 Å². The van der Waals surface area contributed by atoms with Crippen molar-refractivity contribution in [2.45, 2.75) is 20.8 Å². The highest BCUT2D eigenvalue weighted by Crippen LogP contribution is 2.33. The molecule has 0 aliphatic heterocycles. The van der Waals surface area contributed by atoms with Gasteiger partial charge in [-0.15, -0.1) is 0 Å². The second kappa shape index (κ2) is 5.52. The Kier molecular flexibility index (Phi) is 3.93. The molecule has 1 heterocycles. The molecule has 1 aromatic carbocycles. The number of aromatic amines is 1. The molecule has 5 nitrogen and oxygen atoms in total. The Balaban J connectivity index is 2.55. The van der Waals surface area contributed by atoms with Crippen molar-refractivity contribution in [2.75, 3.05) is 20.0 Å². The quantitative estimate of drug-likeness (QED) is 0.670. The minimum atomic E-state index is -0.151. The topological polar surface area (TPSA) is 77.3 Å². The lowest BCUT2D eigenvalue weighted by atomic mass is 10.0. The van der Waals surface area contributed by atoms with Gasteiger partial charge in [0.15, 0.2) is 11.5 Å². The fourth-order valence-corrected chi connectivity index (χ4v) is 2.30. The van der Waals surface area contributed by atoms with Gasteiger partial charge < -0.3 is 20.2 Å². The summed E-state index contributed by atoms with van der Waals surface area (Å²) in [6.07, 6.45) is 0. The van der Waals surface area contributed by atoms with Gasteiger partial charge in [-0.05, 0) is 38.0 Å². The van der Waals surface area contributed by atoms with Crippen LogP contribution in [0.15, 0.2) is 12.1 Å². The average molecular weight is 288 g/mol. The molecule has 0 bridgehead atoms. The summed E-state index contributed by atoms with van der Waals surface area (Å²) in [5.41, 5.74) is 10.3. The maximum atomic E-state index is 12.7. The van der Waals surface area contributed by atoms with Gasteiger partial charge in [-0.3, -0.25) is 4.79 Å². The van der Waals surface area contributed by atoms with Crippen molar-refractivity contribution in [2.24, 2.45) is 0 Å². The third-order valence-electron chi connectivity index (χ3n) is 3.84. The number of carbonyl (C=O) groups excluding carboxylic acids is 1. The number of nitrogens with two attached hydrogens (primary N) is 1. The van der Waals surface area contributed by atoms with E-state index < -0.39 is 0 Å². The van der Waals surface area contributed by atoms with Crippen LogP contribution in [0, 0.1) is 20.8 Å². The first-order valence-electron chi connectivity index (χ1n) is 6.62. The predicted molar refractivity (Wildman–Crippen MR) is 82.4 cm³/mol. The van der Waals surface area contributed by atoms with Crippen molar-refractivity contribution in [3.05, 3.63) is 40.2 Å². The number of carbonyl (C=O) groups is 1. The van der Waals surface area contributed by atoms with Crippen LogP contribution in [0.4, 0.5) is 5.69 Å². The van der Waals surface area contributed by atoms with Gasteiger partial charge in [-0.1, -0.05) is 0 Å². The van der Waals surface area contributed by atoms with Crippen LogP contribution in [0.5, 0.6) is 11.5 Å². The van der Waals surface area contributed by atoms with Crippen LogP contribution >= 0.6 is 0 Å². The molecule has 3 N–H and O–H groups in total. The number of hydrogen-bond donors (Lipinski definition) is 2.